The molecule has 0 amide bonds. The zero-order chi connectivity index (χ0) is 23.3. The van der Waals surface area contributed by atoms with E-state index < -0.39 is 53.8 Å². The number of fused-ring (bicyclic) bond motifs is 1. The summed E-state index contributed by atoms with van der Waals surface area (Å²) in [6, 6.07) is 0. The zero-order valence-electron chi connectivity index (χ0n) is 19.1. The van der Waals surface area contributed by atoms with Crippen LogP contribution in [0.3, 0.4) is 0 Å². The van der Waals surface area contributed by atoms with Gasteiger partial charge in [-0.05, 0) is 68.6 Å². The van der Waals surface area contributed by atoms with Gasteiger partial charge in [-0.1, -0.05) is 6.92 Å². The first-order chi connectivity index (χ1) is 15.6. The van der Waals surface area contributed by atoms with Crippen molar-refractivity contribution >= 4 is 17.9 Å². The van der Waals surface area contributed by atoms with Crippen LogP contribution in [0.1, 0.15) is 58.8 Å². The Morgan fingerprint density at radius 1 is 1.06 bits per heavy atom. The summed E-state index contributed by atoms with van der Waals surface area (Å²) in [4.78, 5) is 37.8. The normalized spacial score (nSPS) is 48.8. The van der Waals surface area contributed by atoms with E-state index >= 15 is 0 Å². The molecular formula is C25H32F2O6. The Hall–Kier alpha value is -1.73. The number of ether oxygens (including phenoxy) is 3. The second kappa shape index (κ2) is 7.14. The molecule has 0 aromatic heterocycles. The van der Waals surface area contributed by atoms with Crippen LogP contribution in [0.25, 0.3) is 0 Å². The smallest absolute Gasteiger partial charge is 0.377 e. The highest BCUT2D eigenvalue weighted by molar-refractivity contribution is 5.86. The minimum Gasteiger partial charge on any atom is -0.465 e. The van der Waals surface area contributed by atoms with Crippen LogP contribution in [0.4, 0.5) is 8.78 Å². The second-order valence-corrected chi connectivity index (χ2v) is 11.8. The van der Waals surface area contributed by atoms with Gasteiger partial charge in [-0.25, -0.2) is 4.79 Å². The lowest BCUT2D eigenvalue weighted by atomic mass is 9.45. The maximum absolute atomic E-state index is 13.5. The molecule has 7 rings (SSSR count). The van der Waals surface area contributed by atoms with E-state index in [1.54, 1.807) is 0 Å². The van der Waals surface area contributed by atoms with Crippen molar-refractivity contribution in [3.05, 3.63) is 0 Å². The summed E-state index contributed by atoms with van der Waals surface area (Å²) in [6.07, 6.45) is 5.85. The third-order valence-electron chi connectivity index (χ3n) is 10.3. The molecule has 1 saturated heterocycles. The molecule has 0 radical (unpaired) electrons. The number of carbonyl (C=O) groups is 3. The maximum Gasteiger partial charge on any atom is 0.377 e. The summed E-state index contributed by atoms with van der Waals surface area (Å²) >= 11 is 0. The van der Waals surface area contributed by atoms with Crippen molar-refractivity contribution in [2.24, 2.45) is 52.8 Å². The van der Waals surface area contributed by atoms with Crippen LogP contribution in [-0.2, 0) is 28.6 Å². The van der Waals surface area contributed by atoms with Crippen molar-refractivity contribution < 1.29 is 37.4 Å². The molecule has 8 heteroatoms. The van der Waals surface area contributed by atoms with Gasteiger partial charge >= 0.3 is 23.8 Å². The molecule has 6 nitrogen and oxygen atoms in total. The highest BCUT2D eigenvalue weighted by Gasteiger charge is 2.70. The Morgan fingerprint density at radius 2 is 1.70 bits per heavy atom. The Bertz CT molecular complexity index is 853. The quantitative estimate of drug-likeness (QED) is 0.438. The maximum atomic E-state index is 13.5. The molecule has 7 fully saturated rings. The van der Waals surface area contributed by atoms with Gasteiger partial charge in [-0.2, -0.15) is 8.78 Å². The van der Waals surface area contributed by atoms with Gasteiger partial charge in [0.1, 0.15) is 12.2 Å². The summed E-state index contributed by atoms with van der Waals surface area (Å²) in [6.45, 7) is 3.02. The van der Waals surface area contributed by atoms with Gasteiger partial charge in [0, 0.05) is 24.2 Å². The first-order valence-corrected chi connectivity index (χ1v) is 12.6. The van der Waals surface area contributed by atoms with Crippen LogP contribution in [0.15, 0.2) is 0 Å². The monoisotopic (exact) mass is 466 g/mol. The zero-order valence-corrected chi connectivity index (χ0v) is 19.1. The summed E-state index contributed by atoms with van der Waals surface area (Å²) in [7, 11) is 0. The molecule has 6 atom stereocenters. The van der Waals surface area contributed by atoms with E-state index in [1.165, 1.54) is 32.1 Å². The molecule has 0 spiro atoms. The number of carbonyl (C=O) groups excluding carboxylic acids is 3. The Morgan fingerprint density at radius 3 is 2.27 bits per heavy atom. The standard InChI is InChI=1S/C25H32F2O6/c1-3-25(13-5-11-4-12(7-13)8-14(25)6-11)10-31-21(28)17-15-9-16-18(17)22(29)32-19(16)20(15)33-23(30)24(2,26)27/h11-20H,3-10H2,1-2H3. The van der Waals surface area contributed by atoms with Crippen molar-refractivity contribution in [3.63, 3.8) is 0 Å². The number of alkyl halides is 2. The van der Waals surface area contributed by atoms with Gasteiger partial charge in [-0.3, -0.25) is 9.59 Å². The molecule has 1 heterocycles. The van der Waals surface area contributed by atoms with Crippen LogP contribution in [0.2, 0.25) is 0 Å². The van der Waals surface area contributed by atoms with E-state index in [0.29, 0.717) is 31.8 Å². The van der Waals surface area contributed by atoms with Gasteiger partial charge in [0.2, 0.25) is 0 Å². The number of rotatable bonds is 6. The average Bonchev–Trinajstić information content (AvgIpc) is 3.36. The Kier molecular flexibility index (Phi) is 4.71. The lowest BCUT2D eigenvalue weighted by Gasteiger charge is -2.61. The summed E-state index contributed by atoms with van der Waals surface area (Å²) in [5.41, 5.74) is -0.00441. The number of hydrogen-bond donors (Lipinski definition) is 0. The molecule has 0 N–H and O–H groups in total. The summed E-state index contributed by atoms with van der Waals surface area (Å²) < 4.78 is 43.4. The lowest BCUT2D eigenvalue weighted by molar-refractivity contribution is -0.188. The molecule has 7 aliphatic rings. The van der Waals surface area contributed by atoms with E-state index in [1.807, 2.05) is 0 Å². The highest BCUT2D eigenvalue weighted by Crippen LogP contribution is 2.64. The van der Waals surface area contributed by atoms with Crippen molar-refractivity contribution in [2.75, 3.05) is 6.61 Å². The van der Waals surface area contributed by atoms with Crippen LogP contribution in [-0.4, -0.2) is 42.6 Å². The molecular weight excluding hydrogens is 434 g/mol. The first-order valence-electron chi connectivity index (χ1n) is 12.6. The van der Waals surface area contributed by atoms with Crippen LogP contribution < -0.4 is 0 Å². The van der Waals surface area contributed by atoms with Crippen LogP contribution in [0.5, 0.6) is 0 Å². The molecule has 6 aliphatic carbocycles. The molecule has 0 aromatic carbocycles. The van der Waals surface area contributed by atoms with Crippen molar-refractivity contribution in [3.8, 4) is 0 Å². The van der Waals surface area contributed by atoms with Gasteiger partial charge < -0.3 is 14.2 Å². The van der Waals surface area contributed by atoms with Crippen molar-refractivity contribution in [1.82, 2.24) is 0 Å². The minimum absolute atomic E-state index is 0.00441. The topological polar surface area (TPSA) is 78.9 Å². The molecule has 33 heavy (non-hydrogen) atoms. The van der Waals surface area contributed by atoms with E-state index in [-0.39, 0.29) is 11.3 Å². The second-order valence-electron chi connectivity index (χ2n) is 11.8. The fraction of sp³-hybridized carbons (Fsp3) is 0.880. The van der Waals surface area contributed by atoms with Gasteiger partial charge in [0.15, 0.2) is 0 Å². The highest BCUT2D eigenvalue weighted by atomic mass is 19.3. The van der Waals surface area contributed by atoms with Crippen LogP contribution >= 0.6 is 0 Å². The van der Waals surface area contributed by atoms with E-state index in [2.05, 4.69) is 6.92 Å². The number of halogens is 2. The summed E-state index contributed by atoms with van der Waals surface area (Å²) in [5.74, 6) is -5.71. The fourth-order valence-corrected chi connectivity index (χ4v) is 9.04. The van der Waals surface area contributed by atoms with Gasteiger partial charge in [0.25, 0.3) is 0 Å². The molecule has 6 bridgehead atoms. The summed E-state index contributed by atoms with van der Waals surface area (Å²) in [5, 5.41) is 0. The lowest BCUT2D eigenvalue weighted by Crippen LogP contribution is -2.55. The Balaban J connectivity index is 1.19. The molecule has 6 saturated carbocycles. The van der Waals surface area contributed by atoms with E-state index in [9.17, 15) is 23.2 Å². The molecule has 0 aromatic rings. The largest absolute Gasteiger partial charge is 0.465 e. The van der Waals surface area contributed by atoms with Crippen molar-refractivity contribution in [1.29, 1.82) is 0 Å². The minimum atomic E-state index is -3.65. The predicted octanol–water partition coefficient (Wildman–Crippen LogP) is 3.76. The van der Waals surface area contributed by atoms with Gasteiger partial charge in [0.05, 0.1) is 18.4 Å². The third kappa shape index (κ3) is 3.04. The van der Waals surface area contributed by atoms with Crippen LogP contribution in [0, 0.1) is 52.8 Å². The fourth-order valence-electron chi connectivity index (χ4n) is 9.04. The predicted molar refractivity (Wildman–Crippen MR) is 110 cm³/mol. The third-order valence-corrected chi connectivity index (χ3v) is 10.3. The van der Waals surface area contributed by atoms with Crippen molar-refractivity contribution in [2.45, 2.75) is 76.9 Å². The van der Waals surface area contributed by atoms with Gasteiger partial charge in [-0.15, -0.1) is 0 Å². The molecule has 6 unspecified atom stereocenters. The Labute approximate surface area is 192 Å². The molecule has 182 valence electrons. The number of hydrogen-bond acceptors (Lipinski definition) is 6. The van der Waals surface area contributed by atoms with E-state index in [4.69, 9.17) is 14.2 Å². The first kappa shape index (κ1) is 21.8. The number of esters is 3. The average molecular weight is 467 g/mol. The molecule has 1 aliphatic heterocycles. The SMILES string of the molecule is CCC1(COC(=O)C2C3CC4C(OC(=O)C42)C3OC(=O)C(C)(F)F)C2CC3CC(C2)CC1C3. The van der Waals surface area contributed by atoms with E-state index in [0.717, 1.165) is 18.3 Å².